The SMILES string of the molecule is COC(=O)[C@@]1(C)CC[C@]2(C)CC[C@]3(C)C(=CC(=O)[C@@H]4[C@@]5(C)CC[C@H](O)C(C)(C)[C@@H]5CC[C@]43C)[C@@]2(O)C1. The van der Waals surface area contributed by atoms with Gasteiger partial charge < -0.3 is 14.9 Å². The number of carbonyl (C=O) groups is 2. The molecule has 4 saturated carbocycles. The highest BCUT2D eigenvalue weighted by Crippen LogP contribution is 2.75. The lowest BCUT2D eigenvalue weighted by Crippen LogP contribution is -2.70. The van der Waals surface area contributed by atoms with Gasteiger partial charge >= 0.3 is 5.97 Å². The first-order valence-corrected chi connectivity index (χ1v) is 14.2. The normalized spacial score (nSPS) is 53.8. The first-order valence-electron chi connectivity index (χ1n) is 14.2. The van der Waals surface area contributed by atoms with E-state index in [4.69, 9.17) is 4.74 Å². The van der Waals surface area contributed by atoms with E-state index in [0.29, 0.717) is 12.8 Å². The van der Waals surface area contributed by atoms with Crippen molar-refractivity contribution in [3.63, 3.8) is 0 Å². The maximum absolute atomic E-state index is 14.3. The molecule has 5 aliphatic carbocycles. The molecule has 5 nitrogen and oxygen atoms in total. The molecule has 5 heteroatoms. The molecule has 0 aromatic carbocycles. The van der Waals surface area contributed by atoms with Gasteiger partial charge in [0.05, 0.1) is 24.2 Å². The van der Waals surface area contributed by atoms with Gasteiger partial charge in [0.1, 0.15) is 0 Å². The van der Waals surface area contributed by atoms with Crippen LogP contribution >= 0.6 is 0 Å². The Labute approximate surface area is 217 Å². The number of methoxy groups -OCH3 is 1. The Morgan fingerprint density at radius 1 is 0.944 bits per heavy atom. The second-order valence-corrected chi connectivity index (χ2v) is 15.3. The van der Waals surface area contributed by atoms with Crippen molar-refractivity contribution in [3.05, 3.63) is 11.6 Å². The average Bonchev–Trinajstić information content (AvgIpc) is 2.79. The molecule has 0 aromatic heterocycles. The third-order valence-corrected chi connectivity index (χ3v) is 13.4. The number of carbonyl (C=O) groups excluding carboxylic acids is 2. The van der Waals surface area contributed by atoms with E-state index < -0.39 is 11.0 Å². The predicted molar refractivity (Wildman–Crippen MR) is 139 cm³/mol. The molecule has 0 bridgehead atoms. The summed E-state index contributed by atoms with van der Waals surface area (Å²) in [5.74, 6) is 0.0249. The Balaban J connectivity index is 1.65. The average molecular weight is 501 g/mol. The zero-order valence-corrected chi connectivity index (χ0v) is 23.8. The van der Waals surface area contributed by atoms with Crippen LogP contribution in [0.25, 0.3) is 0 Å². The van der Waals surface area contributed by atoms with Crippen LogP contribution < -0.4 is 0 Å². The van der Waals surface area contributed by atoms with Crippen LogP contribution in [0.1, 0.15) is 106 Å². The van der Waals surface area contributed by atoms with Crippen molar-refractivity contribution in [2.75, 3.05) is 7.11 Å². The van der Waals surface area contributed by atoms with Crippen molar-refractivity contribution in [2.24, 2.45) is 44.3 Å². The minimum atomic E-state index is -1.22. The Bertz CT molecular complexity index is 1030. The van der Waals surface area contributed by atoms with Crippen LogP contribution in [-0.4, -0.2) is 40.8 Å². The highest BCUT2D eigenvalue weighted by atomic mass is 16.5. The number of hydrogen-bond donors (Lipinski definition) is 2. The van der Waals surface area contributed by atoms with E-state index in [-0.39, 0.29) is 56.8 Å². The van der Waals surface area contributed by atoms with Crippen LogP contribution in [0.5, 0.6) is 0 Å². The standard InChI is InChI=1S/C31H48O5/c1-25(2)20-9-12-30(7)23(28(20,5)11-10-22(25)33)19(32)17-21-29(30,6)16-15-27(4)14-13-26(3,24(34)36-8)18-31(21,27)35/h17,20,22-23,33,35H,9-16,18H2,1-8H3/t20-,22-,23+,26-,27+,28-,29+,30+,31-/m0/s1. The lowest BCUT2D eigenvalue weighted by atomic mass is 9.33. The number of esters is 1. The van der Waals surface area contributed by atoms with Crippen molar-refractivity contribution in [1.29, 1.82) is 0 Å². The number of ether oxygens (including phenoxy) is 1. The Kier molecular flexibility index (Phi) is 5.48. The molecular formula is C31H48O5. The second-order valence-electron chi connectivity index (χ2n) is 15.3. The van der Waals surface area contributed by atoms with E-state index in [9.17, 15) is 19.8 Å². The molecule has 0 spiro atoms. The third-order valence-electron chi connectivity index (χ3n) is 13.4. The summed E-state index contributed by atoms with van der Waals surface area (Å²) < 4.78 is 5.18. The molecule has 0 unspecified atom stereocenters. The van der Waals surface area contributed by atoms with E-state index in [2.05, 4.69) is 41.5 Å². The molecule has 36 heavy (non-hydrogen) atoms. The summed E-state index contributed by atoms with van der Waals surface area (Å²) in [6.07, 6.45) is 8.53. The van der Waals surface area contributed by atoms with Gasteiger partial charge in [0.15, 0.2) is 5.78 Å². The molecule has 202 valence electrons. The minimum absolute atomic E-state index is 0.132. The molecule has 2 N–H and O–H groups in total. The van der Waals surface area contributed by atoms with Crippen molar-refractivity contribution < 1.29 is 24.5 Å². The maximum atomic E-state index is 14.3. The van der Waals surface area contributed by atoms with Gasteiger partial charge in [0.2, 0.25) is 0 Å². The smallest absolute Gasteiger partial charge is 0.311 e. The lowest BCUT2D eigenvalue weighted by molar-refractivity contribution is -0.219. The van der Waals surface area contributed by atoms with Crippen molar-refractivity contribution in [1.82, 2.24) is 0 Å². The molecule has 5 rings (SSSR count). The van der Waals surface area contributed by atoms with Gasteiger partial charge in [-0.3, -0.25) is 9.59 Å². The first kappa shape index (κ1) is 26.4. The van der Waals surface area contributed by atoms with Gasteiger partial charge in [-0.05, 0) is 104 Å². The van der Waals surface area contributed by atoms with Crippen molar-refractivity contribution in [3.8, 4) is 0 Å². The zero-order valence-electron chi connectivity index (χ0n) is 23.8. The molecule has 5 aliphatic rings. The molecule has 0 amide bonds. The third kappa shape index (κ3) is 2.91. The summed E-state index contributed by atoms with van der Waals surface area (Å²) >= 11 is 0. The van der Waals surface area contributed by atoms with Gasteiger partial charge in [0.25, 0.3) is 0 Å². The molecule has 4 fully saturated rings. The largest absolute Gasteiger partial charge is 0.469 e. The van der Waals surface area contributed by atoms with Gasteiger partial charge in [0, 0.05) is 11.3 Å². The van der Waals surface area contributed by atoms with E-state index in [1.165, 1.54) is 7.11 Å². The topological polar surface area (TPSA) is 83.8 Å². The van der Waals surface area contributed by atoms with Crippen LogP contribution in [0.4, 0.5) is 0 Å². The zero-order chi connectivity index (χ0) is 26.7. The summed E-state index contributed by atoms with van der Waals surface area (Å²) in [5, 5.41) is 23.6. The fourth-order valence-corrected chi connectivity index (χ4v) is 10.7. The van der Waals surface area contributed by atoms with Gasteiger partial charge in [-0.1, -0.05) is 41.5 Å². The highest BCUT2D eigenvalue weighted by Gasteiger charge is 2.73. The van der Waals surface area contributed by atoms with Crippen LogP contribution in [0, 0.1) is 44.3 Å². The second kappa shape index (κ2) is 7.46. The van der Waals surface area contributed by atoms with Crippen LogP contribution in [-0.2, 0) is 14.3 Å². The monoisotopic (exact) mass is 500 g/mol. The summed E-state index contributed by atoms with van der Waals surface area (Å²) in [6, 6.07) is 0. The number of aliphatic hydroxyl groups is 2. The van der Waals surface area contributed by atoms with E-state index in [1.807, 2.05) is 13.0 Å². The molecule has 0 saturated heterocycles. The quantitative estimate of drug-likeness (QED) is 0.457. The number of rotatable bonds is 1. The van der Waals surface area contributed by atoms with E-state index in [0.717, 1.165) is 50.5 Å². The van der Waals surface area contributed by atoms with Gasteiger partial charge in [-0.15, -0.1) is 0 Å². The van der Waals surface area contributed by atoms with Crippen molar-refractivity contribution >= 4 is 11.8 Å². The minimum Gasteiger partial charge on any atom is -0.469 e. The molecule has 0 radical (unpaired) electrons. The molecule has 0 heterocycles. The van der Waals surface area contributed by atoms with Gasteiger partial charge in [-0.25, -0.2) is 0 Å². The summed E-state index contributed by atoms with van der Waals surface area (Å²) in [6.45, 7) is 15.4. The molecule has 9 atom stereocenters. The number of allylic oxidation sites excluding steroid dienone is 1. The molecular weight excluding hydrogens is 452 g/mol. The number of hydrogen-bond acceptors (Lipinski definition) is 5. The molecule has 0 aliphatic heterocycles. The lowest BCUT2D eigenvalue weighted by Gasteiger charge is -2.71. The Hall–Kier alpha value is -1.20. The Morgan fingerprint density at radius 2 is 1.58 bits per heavy atom. The fourth-order valence-electron chi connectivity index (χ4n) is 10.7. The number of aliphatic hydroxyl groups excluding tert-OH is 1. The predicted octanol–water partition coefficient (Wildman–Crippen LogP) is 5.62. The fraction of sp³-hybridized carbons (Fsp3) is 0.871. The number of ketones is 1. The summed E-state index contributed by atoms with van der Waals surface area (Å²) in [5.41, 5.74) is -2.51. The van der Waals surface area contributed by atoms with E-state index >= 15 is 0 Å². The Morgan fingerprint density at radius 3 is 2.22 bits per heavy atom. The molecule has 0 aromatic rings. The number of fused-ring (bicyclic) bond motifs is 7. The van der Waals surface area contributed by atoms with Gasteiger partial charge in [-0.2, -0.15) is 0 Å². The summed E-state index contributed by atoms with van der Waals surface area (Å²) in [4.78, 5) is 27.2. The van der Waals surface area contributed by atoms with Crippen LogP contribution in [0.2, 0.25) is 0 Å². The highest BCUT2D eigenvalue weighted by molar-refractivity contribution is 5.96. The van der Waals surface area contributed by atoms with E-state index in [1.54, 1.807) is 0 Å². The van der Waals surface area contributed by atoms with Crippen LogP contribution in [0.3, 0.4) is 0 Å². The first-order chi connectivity index (χ1) is 16.5. The van der Waals surface area contributed by atoms with Crippen molar-refractivity contribution in [2.45, 2.75) is 118 Å². The maximum Gasteiger partial charge on any atom is 0.311 e. The van der Waals surface area contributed by atoms with Crippen LogP contribution in [0.15, 0.2) is 11.6 Å². The summed E-state index contributed by atoms with van der Waals surface area (Å²) in [7, 11) is 1.42.